The molecule has 0 spiro atoms. The molecule has 0 aromatic heterocycles. The molecule has 8 nitrogen and oxygen atoms in total. The first-order valence-electron chi connectivity index (χ1n) is 10.3. The summed E-state index contributed by atoms with van der Waals surface area (Å²) in [4.78, 5) is 14.2. The predicted octanol–water partition coefficient (Wildman–Crippen LogP) is 2.02. The summed E-state index contributed by atoms with van der Waals surface area (Å²) in [7, 11) is -7.90. The Morgan fingerprint density at radius 2 is 1.58 bits per heavy atom. The predicted molar refractivity (Wildman–Crippen MR) is 120 cm³/mol. The van der Waals surface area contributed by atoms with Gasteiger partial charge in [-0.05, 0) is 29.7 Å². The summed E-state index contributed by atoms with van der Waals surface area (Å²) in [5, 5.41) is 1.36. The molecule has 0 radical (unpaired) electrons. The Hall–Kier alpha value is -3.02. The van der Waals surface area contributed by atoms with Gasteiger partial charge in [0.15, 0.2) is 0 Å². The van der Waals surface area contributed by atoms with Gasteiger partial charge in [-0.1, -0.05) is 36.4 Å². The average molecular weight is 490 g/mol. The summed E-state index contributed by atoms with van der Waals surface area (Å²) in [6.45, 7) is -0.235. The number of piperazine rings is 1. The highest BCUT2D eigenvalue weighted by Gasteiger charge is 2.38. The quantitative estimate of drug-likeness (QED) is 0.559. The van der Waals surface area contributed by atoms with E-state index in [9.17, 15) is 26.0 Å². The van der Waals surface area contributed by atoms with Crippen LogP contribution in [0.3, 0.4) is 0 Å². The van der Waals surface area contributed by atoms with E-state index in [1.807, 2.05) is 12.1 Å². The second-order valence-corrected chi connectivity index (χ2v) is 11.6. The highest BCUT2D eigenvalue weighted by molar-refractivity contribution is 7.93. The first kappa shape index (κ1) is 21.8. The van der Waals surface area contributed by atoms with Gasteiger partial charge in [0.05, 0.1) is 10.6 Å². The van der Waals surface area contributed by atoms with Crippen LogP contribution >= 0.6 is 0 Å². The fourth-order valence-electron chi connectivity index (χ4n) is 4.32. The van der Waals surface area contributed by atoms with Crippen LogP contribution in [0.25, 0.3) is 10.8 Å². The van der Waals surface area contributed by atoms with Crippen molar-refractivity contribution in [3.63, 3.8) is 0 Å². The van der Waals surface area contributed by atoms with Gasteiger partial charge < -0.3 is 4.90 Å². The van der Waals surface area contributed by atoms with Crippen molar-refractivity contribution >= 4 is 42.4 Å². The van der Waals surface area contributed by atoms with Gasteiger partial charge in [-0.15, -0.1) is 0 Å². The molecular formula is C22H20FN3O5S2. The van der Waals surface area contributed by atoms with Crippen molar-refractivity contribution in [2.24, 2.45) is 0 Å². The standard InChI is InChI=1S/C22H20FN3O5S2/c23-17-7-1-2-9-19(17)32(28,29)25-13-11-24(12-14-25)21(27)15-26-18-8-3-5-16-6-4-10-20(22(16)18)33(26,30)31/h1-10H,11-15H2. The van der Waals surface area contributed by atoms with Crippen LogP contribution in [-0.4, -0.2) is 64.7 Å². The number of hydrogen-bond acceptors (Lipinski definition) is 5. The van der Waals surface area contributed by atoms with E-state index < -0.39 is 36.7 Å². The molecule has 1 amide bonds. The lowest BCUT2D eigenvalue weighted by molar-refractivity contribution is -0.130. The maximum Gasteiger partial charge on any atom is 0.265 e. The molecule has 2 aliphatic heterocycles. The van der Waals surface area contributed by atoms with Gasteiger partial charge in [-0.25, -0.2) is 21.2 Å². The number of anilines is 1. The van der Waals surface area contributed by atoms with Crippen LogP contribution in [0.1, 0.15) is 0 Å². The fourth-order valence-corrected chi connectivity index (χ4v) is 7.47. The molecule has 33 heavy (non-hydrogen) atoms. The van der Waals surface area contributed by atoms with Crippen LogP contribution in [0.15, 0.2) is 70.5 Å². The molecule has 1 saturated heterocycles. The van der Waals surface area contributed by atoms with E-state index in [4.69, 9.17) is 0 Å². The van der Waals surface area contributed by atoms with Crippen molar-refractivity contribution in [1.29, 1.82) is 0 Å². The molecule has 0 bridgehead atoms. The minimum atomic E-state index is -4.03. The molecule has 0 atom stereocenters. The van der Waals surface area contributed by atoms with Crippen molar-refractivity contribution in [1.82, 2.24) is 9.21 Å². The number of carbonyl (C=O) groups is 1. The van der Waals surface area contributed by atoms with E-state index in [0.29, 0.717) is 11.1 Å². The number of halogens is 1. The third kappa shape index (κ3) is 3.47. The van der Waals surface area contributed by atoms with Crippen LogP contribution < -0.4 is 4.31 Å². The van der Waals surface area contributed by atoms with Gasteiger partial charge in [0.1, 0.15) is 17.3 Å². The summed E-state index contributed by atoms with van der Waals surface area (Å²) >= 11 is 0. The first-order chi connectivity index (χ1) is 15.7. The van der Waals surface area contributed by atoms with E-state index >= 15 is 0 Å². The Balaban J connectivity index is 1.32. The zero-order valence-corrected chi connectivity index (χ0v) is 19.0. The number of hydrogen-bond donors (Lipinski definition) is 0. The third-order valence-corrected chi connectivity index (χ3v) is 9.74. The third-order valence-electron chi connectivity index (χ3n) is 6.01. The second-order valence-electron chi connectivity index (χ2n) is 7.86. The van der Waals surface area contributed by atoms with Crippen molar-refractivity contribution < 1.29 is 26.0 Å². The molecule has 2 heterocycles. The minimum Gasteiger partial charge on any atom is -0.338 e. The SMILES string of the molecule is O=C(CN1c2cccc3cccc(c23)S1(=O)=O)N1CCN(S(=O)(=O)c2ccccc2F)CC1. The lowest BCUT2D eigenvalue weighted by Gasteiger charge is -2.34. The molecule has 0 saturated carbocycles. The van der Waals surface area contributed by atoms with Crippen molar-refractivity contribution in [2.45, 2.75) is 9.79 Å². The van der Waals surface area contributed by atoms with Crippen molar-refractivity contribution in [3.05, 3.63) is 66.5 Å². The molecule has 1 fully saturated rings. The molecule has 11 heteroatoms. The molecule has 0 N–H and O–H groups in total. The van der Waals surface area contributed by atoms with Gasteiger partial charge in [0, 0.05) is 31.6 Å². The molecule has 0 unspecified atom stereocenters. The summed E-state index contributed by atoms with van der Waals surface area (Å²) in [6, 6.07) is 15.4. The van der Waals surface area contributed by atoms with E-state index in [1.54, 1.807) is 18.2 Å². The molecule has 3 aromatic carbocycles. The van der Waals surface area contributed by atoms with Crippen LogP contribution in [0, 0.1) is 5.82 Å². The molecule has 5 rings (SSSR count). The topological polar surface area (TPSA) is 95.1 Å². The molecule has 2 aliphatic rings. The van der Waals surface area contributed by atoms with E-state index in [-0.39, 0.29) is 37.6 Å². The van der Waals surface area contributed by atoms with E-state index in [0.717, 1.165) is 20.1 Å². The molecule has 3 aromatic rings. The van der Waals surface area contributed by atoms with E-state index in [1.165, 1.54) is 29.2 Å². The van der Waals surface area contributed by atoms with Crippen LogP contribution in [0.5, 0.6) is 0 Å². The van der Waals surface area contributed by atoms with Crippen LogP contribution in [0.2, 0.25) is 0 Å². The van der Waals surface area contributed by atoms with Gasteiger partial charge in [0.25, 0.3) is 10.0 Å². The lowest BCUT2D eigenvalue weighted by atomic mass is 10.1. The maximum atomic E-state index is 14.0. The summed E-state index contributed by atoms with van der Waals surface area (Å²) in [5.74, 6) is -1.25. The second kappa shape index (κ2) is 7.79. The Kier molecular flexibility index (Phi) is 5.15. The highest BCUT2D eigenvalue weighted by Crippen LogP contribution is 2.41. The van der Waals surface area contributed by atoms with Gasteiger partial charge in [0.2, 0.25) is 15.9 Å². The molecule has 0 aliphatic carbocycles. The summed E-state index contributed by atoms with van der Waals surface area (Å²) in [6.07, 6.45) is 0. The monoisotopic (exact) mass is 489 g/mol. The smallest absolute Gasteiger partial charge is 0.265 e. The Bertz CT molecular complexity index is 1480. The molecular weight excluding hydrogens is 469 g/mol. The van der Waals surface area contributed by atoms with Gasteiger partial charge in [-0.3, -0.25) is 9.10 Å². The van der Waals surface area contributed by atoms with E-state index in [2.05, 4.69) is 0 Å². The van der Waals surface area contributed by atoms with Gasteiger partial charge in [-0.2, -0.15) is 4.31 Å². The fraction of sp³-hybridized carbons (Fsp3) is 0.227. The molecule has 172 valence electrons. The Labute approximate surface area is 190 Å². The van der Waals surface area contributed by atoms with Crippen molar-refractivity contribution in [2.75, 3.05) is 37.0 Å². The number of amides is 1. The largest absolute Gasteiger partial charge is 0.338 e. The van der Waals surface area contributed by atoms with Crippen LogP contribution in [-0.2, 0) is 24.8 Å². The summed E-state index contributed by atoms with van der Waals surface area (Å²) in [5.41, 5.74) is 0.456. The highest BCUT2D eigenvalue weighted by atomic mass is 32.2. The normalized spacial score (nSPS) is 18.1. The zero-order valence-electron chi connectivity index (χ0n) is 17.4. The number of sulfonamides is 2. The maximum absolute atomic E-state index is 14.0. The lowest BCUT2D eigenvalue weighted by Crippen LogP contribution is -2.52. The minimum absolute atomic E-state index is 0.00896. The number of rotatable bonds is 4. The van der Waals surface area contributed by atoms with Crippen LogP contribution in [0.4, 0.5) is 10.1 Å². The Morgan fingerprint density at radius 1 is 0.909 bits per heavy atom. The van der Waals surface area contributed by atoms with Gasteiger partial charge >= 0.3 is 0 Å². The number of nitrogens with zero attached hydrogens (tertiary/aromatic N) is 3. The number of benzene rings is 3. The van der Waals surface area contributed by atoms with Crippen molar-refractivity contribution in [3.8, 4) is 0 Å². The first-order valence-corrected chi connectivity index (χ1v) is 13.2. The summed E-state index contributed by atoms with van der Waals surface area (Å²) < 4.78 is 68.0. The zero-order chi connectivity index (χ0) is 23.4. The average Bonchev–Trinajstić information content (AvgIpc) is 3.02. The number of carbonyl (C=O) groups excluding carboxylic acids is 1. The Morgan fingerprint density at radius 3 is 2.27 bits per heavy atom.